The first-order chi connectivity index (χ1) is 21.9. The number of ether oxygens (including phenoxy) is 6. The van der Waals surface area contributed by atoms with Gasteiger partial charge in [-0.3, -0.25) is 0 Å². The van der Waals surface area contributed by atoms with Crippen LogP contribution in [-0.2, 0) is 5.41 Å². The van der Waals surface area contributed by atoms with Gasteiger partial charge in [0.05, 0.1) is 38.9 Å². The normalized spacial score (nSPS) is 14.6. The van der Waals surface area contributed by atoms with Gasteiger partial charge in [-0.25, -0.2) is 0 Å². The molecule has 45 heavy (non-hydrogen) atoms. The Labute approximate surface area is 271 Å². The Bertz CT molecular complexity index is 1190. The molecule has 0 fully saturated rings. The zero-order valence-corrected chi connectivity index (χ0v) is 28.5. The predicted octanol–water partition coefficient (Wildman–Crippen LogP) is 8.72. The molecule has 2 unspecified atom stereocenters. The molecule has 1 heterocycles. The maximum Gasteiger partial charge on any atom is 0.243 e. The zero-order chi connectivity index (χ0) is 32.7. The molecule has 2 atom stereocenters. The van der Waals surface area contributed by atoms with E-state index < -0.39 is 11.7 Å². The first-order valence-electron chi connectivity index (χ1n) is 17.1. The number of nitriles is 1. The van der Waals surface area contributed by atoms with E-state index in [4.69, 9.17) is 34.2 Å². The number of hydrogen-bond donors (Lipinski definition) is 1. The lowest BCUT2D eigenvalue weighted by Crippen LogP contribution is -2.35. The molecule has 0 saturated carbocycles. The minimum Gasteiger partial charge on any atom is -0.490 e. The second kappa shape index (κ2) is 18.6. The average molecular weight is 625 g/mol. The van der Waals surface area contributed by atoms with Crippen molar-refractivity contribution in [1.29, 1.82) is 5.26 Å². The van der Waals surface area contributed by atoms with Gasteiger partial charge in [0.1, 0.15) is 0 Å². The van der Waals surface area contributed by atoms with Crippen LogP contribution >= 0.6 is 0 Å². The van der Waals surface area contributed by atoms with Crippen molar-refractivity contribution in [3.05, 3.63) is 35.9 Å². The van der Waals surface area contributed by atoms with Crippen molar-refractivity contribution in [2.75, 3.05) is 27.4 Å². The molecular formula is C37H56N2O6. The lowest BCUT2D eigenvalue weighted by Gasteiger charge is -2.37. The molecule has 0 saturated heterocycles. The van der Waals surface area contributed by atoms with E-state index in [9.17, 15) is 5.26 Å². The average Bonchev–Trinajstić information content (AvgIpc) is 3.46. The van der Waals surface area contributed by atoms with Crippen LogP contribution in [0.4, 0.5) is 0 Å². The summed E-state index contributed by atoms with van der Waals surface area (Å²) in [6.07, 6.45) is 10.1. The quantitative estimate of drug-likeness (QED) is 0.130. The van der Waals surface area contributed by atoms with Gasteiger partial charge in [0.25, 0.3) is 0 Å². The number of fused-ring (bicyclic) bond motifs is 1. The van der Waals surface area contributed by atoms with E-state index in [1.54, 1.807) is 14.2 Å². The van der Waals surface area contributed by atoms with Crippen LogP contribution in [0.5, 0.6) is 34.5 Å². The third kappa shape index (κ3) is 9.13. The fraction of sp³-hybridized carbons (Fsp3) is 0.649. The van der Waals surface area contributed by atoms with Crippen molar-refractivity contribution in [1.82, 2.24) is 0 Å². The van der Waals surface area contributed by atoms with E-state index in [0.717, 1.165) is 81.3 Å². The molecule has 0 bridgehead atoms. The summed E-state index contributed by atoms with van der Waals surface area (Å²) in [4.78, 5) is 0. The summed E-state index contributed by atoms with van der Waals surface area (Å²) < 4.78 is 36.6. The number of nitrogens with two attached hydrogens (primary N) is 1. The number of unbranched alkanes of at least 4 members (excludes halogenated alkanes) is 4. The summed E-state index contributed by atoms with van der Waals surface area (Å²) in [6, 6.07) is 12.3. The van der Waals surface area contributed by atoms with Crippen LogP contribution in [0.3, 0.4) is 0 Å². The maximum absolute atomic E-state index is 11.1. The van der Waals surface area contributed by atoms with E-state index in [1.807, 2.05) is 30.3 Å². The van der Waals surface area contributed by atoms with Crippen molar-refractivity contribution < 1.29 is 28.4 Å². The topological polar surface area (TPSA) is 105 Å². The molecule has 0 amide bonds. The van der Waals surface area contributed by atoms with Gasteiger partial charge in [0.15, 0.2) is 23.0 Å². The standard InChI is InChI=1S/C37H56N2O6/c1-7-11-15-22-42-32-25-29(34(43-23-16-12-8-2)36(41-6)35(32)40-5)37(26-38,27(9-3)10-4)21-17-18-28(39)24-33-44-30-19-13-14-20-31(30)45-33/h13-14,19-20,25,27-28,33H,7-12,15-18,21-24,39H2,1-6H3. The molecule has 0 spiro atoms. The molecule has 2 aromatic rings. The second-order valence-electron chi connectivity index (χ2n) is 12.0. The largest absolute Gasteiger partial charge is 0.490 e. The van der Waals surface area contributed by atoms with Crippen LogP contribution < -0.4 is 34.2 Å². The Morgan fingerprint density at radius 2 is 1.44 bits per heavy atom. The molecule has 2 N–H and O–H groups in total. The molecule has 250 valence electrons. The Hall–Kier alpha value is -3.31. The van der Waals surface area contributed by atoms with E-state index in [-0.39, 0.29) is 12.0 Å². The molecule has 0 radical (unpaired) electrons. The third-order valence-electron chi connectivity index (χ3n) is 8.93. The first-order valence-corrected chi connectivity index (χ1v) is 17.1. The smallest absolute Gasteiger partial charge is 0.243 e. The predicted molar refractivity (Wildman–Crippen MR) is 179 cm³/mol. The molecule has 8 nitrogen and oxygen atoms in total. The molecule has 3 rings (SSSR count). The number of para-hydroxylation sites is 2. The highest BCUT2D eigenvalue weighted by Crippen LogP contribution is 2.54. The van der Waals surface area contributed by atoms with Gasteiger partial charge in [0, 0.05) is 18.0 Å². The highest BCUT2D eigenvalue weighted by Gasteiger charge is 2.43. The Balaban J connectivity index is 1.95. The summed E-state index contributed by atoms with van der Waals surface area (Å²) in [5.41, 5.74) is 6.59. The van der Waals surface area contributed by atoms with Crippen LogP contribution in [0, 0.1) is 17.2 Å². The Morgan fingerprint density at radius 1 is 0.844 bits per heavy atom. The summed E-state index contributed by atoms with van der Waals surface area (Å²) in [7, 11) is 3.24. The maximum atomic E-state index is 11.1. The number of benzene rings is 2. The fourth-order valence-electron chi connectivity index (χ4n) is 6.43. The van der Waals surface area contributed by atoms with Crippen LogP contribution in [-0.4, -0.2) is 39.8 Å². The fourth-order valence-corrected chi connectivity index (χ4v) is 6.43. The van der Waals surface area contributed by atoms with Gasteiger partial charge in [-0.1, -0.05) is 78.4 Å². The molecular weight excluding hydrogens is 568 g/mol. The van der Waals surface area contributed by atoms with E-state index in [0.29, 0.717) is 49.1 Å². The van der Waals surface area contributed by atoms with E-state index >= 15 is 0 Å². The molecule has 0 aliphatic carbocycles. The number of rotatable bonds is 22. The SMILES string of the molecule is CCCCCOc1cc(C(C#N)(CCCC(N)CC2Oc3ccccc3O2)C(CC)CC)c(OCCCCC)c(OC)c1OC. The number of hydrogen-bond acceptors (Lipinski definition) is 8. The first kappa shape index (κ1) is 36.2. The van der Waals surface area contributed by atoms with Gasteiger partial charge in [-0.2, -0.15) is 5.26 Å². The van der Waals surface area contributed by atoms with Crippen LogP contribution in [0.25, 0.3) is 0 Å². The number of nitrogens with zero attached hydrogens (tertiary/aromatic N) is 1. The van der Waals surface area contributed by atoms with Crippen LogP contribution in [0.2, 0.25) is 0 Å². The lowest BCUT2D eigenvalue weighted by atomic mass is 9.65. The highest BCUT2D eigenvalue weighted by molar-refractivity contribution is 5.66. The van der Waals surface area contributed by atoms with Gasteiger partial charge in [-0.15, -0.1) is 0 Å². The van der Waals surface area contributed by atoms with Crippen molar-refractivity contribution in [3.8, 4) is 40.6 Å². The van der Waals surface area contributed by atoms with Crippen molar-refractivity contribution >= 4 is 0 Å². The summed E-state index contributed by atoms with van der Waals surface area (Å²) in [5.74, 6) is 3.72. The second-order valence-corrected chi connectivity index (χ2v) is 12.0. The number of methoxy groups -OCH3 is 2. The summed E-state index contributed by atoms with van der Waals surface area (Å²) in [6.45, 7) is 9.73. The van der Waals surface area contributed by atoms with Gasteiger partial charge in [0.2, 0.25) is 17.8 Å². The Morgan fingerprint density at radius 3 is 1.98 bits per heavy atom. The van der Waals surface area contributed by atoms with Gasteiger partial charge in [-0.05, 0) is 56.2 Å². The minimum absolute atomic E-state index is 0.0822. The van der Waals surface area contributed by atoms with E-state index in [2.05, 4.69) is 33.8 Å². The van der Waals surface area contributed by atoms with Gasteiger partial charge >= 0.3 is 0 Å². The molecule has 8 heteroatoms. The molecule has 1 aliphatic heterocycles. The molecule has 2 aromatic carbocycles. The third-order valence-corrected chi connectivity index (χ3v) is 8.93. The van der Waals surface area contributed by atoms with Crippen LogP contribution in [0.1, 0.15) is 110 Å². The van der Waals surface area contributed by atoms with Crippen LogP contribution in [0.15, 0.2) is 30.3 Å². The van der Waals surface area contributed by atoms with Crippen molar-refractivity contribution in [3.63, 3.8) is 0 Å². The summed E-state index contributed by atoms with van der Waals surface area (Å²) in [5, 5.41) is 11.1. The van der Waals surface area contributed by atoms with Crippen molar-refractivity contribution in [2.45, 2.75) is 122 Å². The zero-order valence-electron chi connectivity index (χ0n) is 28.5. The summed E-state index contributed by atoms with van der Waals surface area (Å²) >= 11 is 0. The molecule has 0 aromatic heterocycles. The Kier molecular flexibility index (Phi) is 15.0. The van der Waals surface area contributed by atoms with Crippen molar-refractivity contribution in [2.24, 2.45) is 11.7 Å². The highest BCUT2D eigenvalue weighted by atomic mass is 16.7. The minimum atomic E-state index is -0.846. The van der Waals surface area contributed by atoms with Gasteiger partial charge < -0.3 is 34.2 Å². The monoisotopic (exact) mass is 624 g/mol. The molecule has 1 aliphatic rings. The lowest BCUT2D eigenvalue weighted by molar-refractivity contribution is 0.0349. The van der Waals surface area contributed by atoms with E-state index in [1.165, 1.54) is 0 Å².